The highest BCUT2D eigenvalue weighted by atomic mass is 16.5. The van der Waals surface area contributed by atoms with E-state index in [-0.39, 0.29) is 19.0 Å². The highest BCUT2D eigenvalue weighted by molar-refractivity contribution is 5.94. The zero-order chi connectivity index (χ0) is 18.9. The summed E-state index contributed by atoms with van der Waals surface area (Å²) in [5.74, 6) is 0.179. The van der Waals surface area contributed by atoms with Gasteiger partial charge >= 0.3 is 12.0 Å². The lowest BCUT2D eigenvalue weighted by atomic mass is 10.2. The van der Waals surface area contributed by atoms with Gasteiger partial charge in [0.25, 0.3) is 5.91 Å². The molecule has 2 rings (SSSR count). The SMILES string of the molecule is COC(=O)c1cc(CNC(=O)NCCNC(=O)c2ccccc2)oc1C. The molecule has 0 aliphatic heterocycles. The van der Waals surface area contributed by atoms with Gasteiger partial charge in [-0.15, -0.1) is 0 Å². The maximum atomic E-state index is 11.8. The van der Waals surface area contributed by atoms with E-state index in [0.717, 1.165) is 0 Å². The maximum absolute atomic E-state index is 11.8. The van der Waals surface area contributed by atoms with Crippen molar-refractivity contribution in [1.82, 2.24) is 16.0 Å². The molecule has 3 amide bonds. The van der Waals surface area contributed by atoms with Crippen LogP contribution in [0.15, 0.2) is 40.8 Å². The van der Waals surface area contributed by atoms with Gasteiger partial charge in [0.05, 0.1) is 13.7 Å². The quantitative estimate of drug-likeness (QED) is 0.514. The van der Waals surface area contributed by atoms with Crippen molar-refractivity contribution in [3.63, 3.8) is 0 Å². The molecule has 0 radical (unpaired) electrons. The van der Waals surface area contributed by atoms with Crippen LogP contribution in [0.4, 0.5) is 4.79 Å². The van der Waals surface area contributed by atoms with Crippen LogP contribution in [0, 0.1) is 6.92 Å². The average molecular weight is 359 g/mol. The zero-order valence-corrected chi connectivity index (χ0v) is 14.6. The second-order valence-corrected chi connectivity index (χ2v) is 5.41. The first-order chi connectivity index (χ1) is 12.5. The number of aryl methyl sites for hydroxylation is 1. The molecule has 2 aromatic rings. The Morgan fingerprint density at radius 1 is 1.04 bits per heavy atom. The van der Waals surface area contributed by atoms with Crippen molar-refractivity contribution in [2.75, 3.05) is 20.2 Å². The zero-order valence-electron chi connectivity index (χ0n) is 14.6. The van der Waals surface area contributed by atoms with E-state index in [1.54, 1.807) is 31.2 Å². The number of urea groups is 1. The number of ether oxygens (including phenoxy) is 1. The molecule has 1 heterocycles. The number of furan rings is 1. The van der Waals surface area contributed by atoms with Crippen LogP contribution >= 0.6 is 0 Å². The van der Waals surface area contributed by atoms with Crippen molar-refractivity contribution in [3.8, 4) is 0 Å². The van der Waals surface area contributed by atoms with Crippen LogP contribution in [0.5, 0.6) is 0 Å². The van der Waals surface area contributed by atoms with Crippen molar-refractivity contribution < 1.29 is 23.5 Å². The van der Waals surface area contributed by atoms with E-state index in [1.807, 2.05) is 6.07 Å². The van der Waals surface area contributed by atoms with Crippen LogP contribution in [-0.2, 0) is 11.3 Å². The fourth-order valence-electron chi connectivity index (χ4n) is 2.22. The molecule has 8 heteroatoms. The van der Waals surface area contributed by atoms with Gasteiger partial charge < -0.3 is 25.1 Å². The number of carbonyl (C=O) groups is 3. The number of benzene rings is 1. The molecule has 0 saturated carbocycles. The van der Waals surface area contributed by atoms with Crippen molar-refractivity contribution in [2.24, 2.45) is 0 Å². The second-order valence-electron chi connectivity index (χ2n) is 5.41. The van der Waals surface area contributed by atoms with E-state index in [0.29, 0.717) is 29.2 Å². The van der Waals surface area contributed by atoms with E-state index in [9.17, 15) is 14.4 Å². The lowest BCUT2D eigenvalue weighted by Gasteiger charge is -2.08. The van der Waals surface area contributed by atoms with E-state index < -0.39 is 12.0 Å². The first-order valence-electron chi connectivity index (χ1n) is 8.04. The Balaban J connectivity index is 1.68. The summed E-state index contributed by atoms with van der Waals surface area (Å²) in [5, 5.41) is 7.93. The molecule has 138 valence electrons. The third-order valence-corrected chi connectivity index (χ3v) is 3.53. The van der Waals surface area contributed by atoms with Crippen molar-refractivity contribution in [2.45, 2.75) is 13.5 Å². The molecule has 0 aliphatic rings. The summed E-state index contributed by atoms with van der Waals surface area (Å²) in [6.07, 6.45) is 0. The summed E-state index contributed by atoms with van der Waals surface area (Å²) in [5.41, 5.74) is 0.889. The van der Waals surface area contributed by atoms with E-state index in [2.05, 4.69) is 20.7 Å². The van der Waals surface area contributed by atoms with Gasteiger partial charge in [0.1, 0.15) is 17.1 Å². The molecule has 0 atom stereocenters. The van der Waals surface area contributed by atoms with Gasteiger partial charge in [-0.25, -0.2) is 9.59 Å². The Bertz CT molecular complexity index is 770. The van der Waals surface area contributed by atoms with Crippen LogP contribution in [0.25, 0.3) is 0 Å². The minimum atomic E-state index is -0.490. The molecule has 3 N–H and O–H groups in total. The maximum Gasteiger partial charge on any atom is 0.341 e. The number of amides is 3. The summed E-state index contributed by atoms with van der Waals surface area (Å²) in [7, 11) is 1.29. The molecule has 8 nitrogen and oxygen atoms in total. The molecule has 0 aliphatic carbocycles. The summed E-state index contributed by atoms with van der Waals surface area (Å²) in [4.78, 5) is 35.1. The van der Waals surface area contributed by atoms with Gasteiger partial charge in [0.2, 0.25) is 0 Å². The third-order valence-electron chi connectivity index (χ3n) is 3.53. The molecule has 0 spiro atoms. The number of hydrogen-bond donors (Lipinski definition) is 3. The Morgan fingerprint density at radius 3 is 2.42 bits per heavy atom. The average Bonchev–Trinajstić information content (AvgIpc) is 3.04. The number of nitrogens with one attached hydrogen (secondary N) is 3. The van der Waals surface area contributed by atoms with Crippen molar-refractivity contribution in [1.29, 1.82) is 0 Å². The summed E-state index contributed by atoms with van der Waals surface area (Å²) < 4.78 is 10.0. The number of carbonyl (C=O) groups excluding carboxylic acids is 3. The number of hydrogen-bond acceptors (Lipinski definition) is 5. The fourth-order valence-corrected chi connectivity index (χ4v) is 2.22. The summed E-state index contributed by atoms with van der Waals surface area (Å²) in [6, 6.07) is 9.93. The van der Waals surface area contributed by atoms with Crippen molar-refractivity contribution in [3.05, 3.63) is 59.0 Å². The lowest BCUT2D eigenvalue weighted by Crippen LogP contribution is -2.40. The van der Waals surface area contributed by atoms with Crippen LogP contribution < -0.4 is 16.0 Å². The number of esters is 1. The van der Waals surface area contributed by atoms with E-state index in [1.165, 1.54) is 13.2 Å². The predicted octanol–water partition coefficient (Wildman–Crippen LogP) is 1.60. The molecule has 26 heavy (non-hydrogen) atoms. The molecule has 0 saturated heterocycles. The van der Waals surface area contributed by atoms with E-state index >= 15 is 0 Å². The Hall–Kier alpha value is -3.29. The van der Waals surface area contributed by atoms with Crippen LogP contribution in [-0.4, -0.2) is 38.1 Å². The molecule has 1 aromatic heterocycles. The minimum Gasteiger partial charge on any atom is -0.465 e. The van der Waals surface area contributed by atoms with Gasteiger partial charge in [-0.05, 0) is 25.1 Å². The minimum absolute atomic E-state index is 0.125. The predicted molar refractivity (Wildman–Crippen MR) is 93.8 cm³/mol. The highest BCUT2D eigenvalue weighted by Crippen LogP contribution is 2.15. The van der Waals surface area contributed by atoms with E-state index in [4.69, 9.17) is 4.42 Å². The largest absolute Gasteiger partial charge is 0.465 e. The molecule has 0 fully saturated rings. The first kappa shape index (κ1) is 19.0. The Labute approximate surface area is 150 Å². The Kier molecular flexibility index (Phi) is 6.78. The first-order valence-corrected chi connectivity index (χ1v) is 8.04. The lowest BCUT2D eigenvalue weighted by molar-refractivity contribution is 0.0598. The smallest absolute Gasteiger partial charge is 0.341 e. The van der Waals surface area contributed by atoms with Gasteiger partial charge in [-0.3, -0.25) is 4.79 Å². The van der Waals surface area contributed by atoms with Crippen LogP contribution in [0.2, 0.25) is 0 Å². The number of methoxy groups -OCH3 is 1. The Morgan fingerprint density at radius 2 is 1.73 bits per heavy atom. The molecular weight excluding hydrogens is 338 g/mol. The molecule has 0 unspecified atom stereocenters. The monoisotopic (exact) mass is 359 g/mol. The van der Waals surface area contributed by atoms with Gasteiger partial charge in [-0.1, -0.05) is 18.2 Å². The molecule has 1 aromatic carbocycles. The van der Waals surface area contributed by atoms with Crippen LogP contribution in [0.1, 0.15) is 32.2 Å². The summed E-state index contributed by atoms with van der Waals surface area (Å²) in [6.45, 7) is 2.34. The standard InChI is InChI=1S/C18H21N3O5/c1-12-15(17(23)25-2)10-14(26-12)11-21-18(24)20-9-8-19-16(22)13-6-4-3-5-7-13/h3-7,10H,8-9,11H2,1-2H3,(H,19,22)(H2,20,21,24). The van der Waals surface area contributed by atoms with Crippen molar-refractivity contribution >= 4 is 17.9 Å². The normalized spacial score (nSPS) is 10.1. The fraction of sp³-hybridized carbons (Fsp3) is 0.278. The van der Waals surface area contributed by atoms with Crippen LogP contribution in [0.3, 0.4) is 0 Å². The van der Waals surface area contributed by atoms with Gasteiger partial charge in [0.15, 0.2) is 0 Å². The topological polar surface area (TPSA) is 110 Å². The third kappa shape index (κ3) is 5.37. The molecular formula is C18H21N3O5. The summed E-state index contributed by atoms with van der Waals surface area (Å²) >= 11 is 0. The number of rotatable bonds is 7. The highest BCUT2D eigenvalue weighted by Gasteiger charge is 2.15. The van der Waals surface area contributed by atoms with Gasteiger partial charge in [-0.2, -0.15) is 0 Å². The second kappa shape index (κ2) is 9.26. The van der Waals surface area contributed by atoms with Gasteiger partial charge in [0, 0.05) is 18.7 Å². The molecule has 0 bridgehead atoms.